The number of hydrogen-bond acceptors (Lipinski definition) is 4. The number of morpholine rings is 1. The minimum atomic E-state index is 0.0915. The summed E-state index contributed by atoms with van der Waals surface area (Å²) in [6.07, 6.45) is 12.9. The molecule has 1 unspecified atom stereocenters. The van der Waals surface area contributed by atoms with Crippen molar-refractivity contribution < 1.29 is 9.53 Å². The van der Waals surface area contributed by atoms with Crippen molar-refractivity contribution in [1.82, 2.24) is 14.8 Å². The molecule has 5 heteroatoms. The van der Waals surface area contributed by atoms with E-state index in [4.69, 9.17) is 4.74 Å². The van der Waals surface area contributed by atoms with Gasteiger partial charge in [0.15, 0.2) is 0 Å². The monoisotopic (exact) mass is 341 g/mol. The van der Waals surface area contributed by atoms with Gasteiger partial charge in [-0.05, 0) is 43.7 Å². The van der Waals surface area contributed by atoms with Crippen molar-refractivity contribution >= 4 is 5.91 Å². The number of allylic oxidation sites excluding steroid dienone is 2. The van der Waals surface area contributed by atoms with Crippen LogP contribution >= 0.6 is 0 Å². The number of likely N-dealkylation sites (tertiary alicyclic amines) is 1. The molecular weight excluding hydrogens is 314 g/mol. The summed E-state index contributed by atoms with van der Waals surface area (Å²) in [6, 6.07) is 3.85. The molecule has 1 amide bonds. The van der Waals surface area contributed by atoms with Crippen LogP contribution in [0.1, 0.15) is 36.0 Å². The Kier molecular flexibility index (Phi) is 5.13. The van der Waals surface area contributed by atoms with E-state index in [9.17, 15) is 4.79 Å². The first-order valence-electron chi connectivity index (χ1n) is 9.51. The van der Waals surface area contributed by atoms with Gasteiger partial charge in [0, 0.05) is 38.6 Å². The van der Waals surface area contributed by atoms with Crippen LogP contribution in [0.5, 0.6) is 0 Å². The number of ether oxygens (including phenoxy) is 1. The van der Waals surface area contributed by atoms with E-state index in [2.05, 4.69) is 22.0 Å². The van der Waals surface area contributed by atoms with Gasteiger partial charge in [-0.1, -0.05) is 12.2 Å². The molecule has 0 bridgehead atoms. The number of pyridine rings is 1. The molecule has 25 heavy (non-hydrogen) atoms. The van der Waals surface area contributed by atoms with Crippen molar-refractivity contribution in [1.29, 1.82) is 0 Å². The summed E-state index contributed by atoms with van der Waals surface area (Å²) in [7, 11) is 0. The lowest BCUT2D eigenvalue weighted by atomic mass is 9.91. The van der Waals surface area contributed by atoms with Crippen LogP contribution in [-0.4, -0.2) is 65.6 Å². The summed E-state index contributed by atoms with van der Waals surface area (Å²) >= 11 is 0. The third-order valence-corrected chi connectivity index (χ3v) is 5.73. The molecule has 2 aliphatic heterocycles. The van der Waals surface area contributed by atoms with Gasteiger partial charge in [-0.15, -0.1) is 0 Å². The summed E-state index contributed by atoms with van der Waals surface area (Å²) in [6.45, 7) is 4.46. The Balaban J connectivity index is 1.44. The standard InChI is InChI=1S/C20H27N3O2/c24-20(17-7-4-9-21-13-17)23-11-12-25-19-8-10-22(15-18(19)23)14-16-5-2-1-3-6-16/h1-2,4,7,9,13,16,18-19H,3,5-6,8,10-12,14-15H2/t16?,18-,19-/m0/s1. The van der Waals surface area contributed by atoms with E-state index in [0.717, 1.165) is 32.0 Å². The molecule has 0 radical (unpaired) electrons. The van der Waals surface area contributed by atoms with Gasteiger partial charge in [-0.25, -0.2) is 0 Å². The number of nitrogens with zero attached hydrogens (tertiary/aromatic N) is 3. The van der Waals surface area contributed by atoms with Gasteiger partial charge in [-0.2, -0.15) is 0 Å². The molecule has 3 heterocycles. The minimum Gasteiger partial charge on any atom is -0.374 e. The molecule has 5 nitrogen and oxygen atoms in total. The van der Waals surface area contributed by atoms with E-state index in [0.29, 0.717) is 18.7 Å². The molecule has 3 atom stereocenters. The molecule has 1 aliphatic carbocycles. The summed E-state index contributed by atoms with van der Waals surface area (Å²) in [5.74, 6) is 0.849. The van der Waals surface area contributed by atoms with E-state index in [1.54, 1.807) is 12.4 Å². The van der Waals surface area contributed by atoms with Crippen molar-refractivity contribution in [2.75, 3.05) is 32.8 Å². The Labute approximate surface area is 149 Å². The normalized spacial score (nSPS) is 30.1. The van der Waals surface area contributed by atoms with Crippen molar-refractivity contribution in [3.63, 3.8) is 0 Å². The molecule has 0 aromatic carbocycles. The predicted molar refractivity (Wildman–Crippen MR) is 96.3 cm³/mol. The SMILES string of the molecule is O=C(c1cccnc1)N1CCO[C@H]2CCN(CC3CC=CCC3)C[C@@H]21. The maximum absolute atomic E-state index is 13.0. The van der Waals surface area contributed by atoms with Gasteiger partial charge in [-0.3, -0.25) is 9.78 Å². The summed E-state index contributed by atoms with van der Waals surface area (Å²) in [5.41, 5.74) is 0.678. The Bertz CT molecular complexity index is 619. The number of fused-ring (bicyclic) bond motifs is 1. The van der Waals surface area contributed by atoms with E-state index >= 15 is 0 Å². The fraction of sp³-hybridized carbons (Fsp3) is 0.600. The average molecular weight is 341 g/mol. The zero-order valence-electron chi connectivity index (χ0n) is 14.7. The fourth-order valence-corrected chi connectivity index (χ4v) is 4.40. The highest BCUT2D eigenvalue weighted by atomic mass is 16.5. The molecule has 1 aromatic rings. The molecule has 3 aliphatic rings. The van der Waals surface area contributed by atoms with E-state index < -0.39 is 0 Å². The number of carbonyl (C=O) groups excluding carboxylic acids is 1. The largest absolute Gasteiger partial charge is 0.374 e. The topological polar surface area (TPSA) is 45.7 Å². The predicted octanol–water partition coefficient (Wildman–Crippen LogP) is 2.35. The molecule has 0 N–H and O–H groups in total. The Morgan fingerprint density at radius 2 is 2.24 bits per heavy atom. The zero-order valence-corrected chi connectivity index (χ0v) is 14.7. The quantitative estimate of drug-likeness (QED) is 0.792. The Morgan fingerprint density at radius 1 is 1.28 bits per heavy atom. The van der Waals surface area contributed by atoms with E-state index in [1.807, 2.05) is 17.0 Å². The molecule has 4 rings (SSSR count). The second-order valence-electron chi connectivity index (χ2n) is 7.42. The smallest absolute Gasteiger partial charge is 0.255 e. The third-order valence-electron chi connectivity index (χ3n) is 5.73. The zero-order chi connectivity index (χ0) is 17.1. The number of rotatable bonds is 3. The molecule has 134 valence electrons. The first-order chi connectivity index (χ1) is 12.3. The molecule has 2 fully saturated rings. The van der Waals surface area contributed by atoms with Crippen LogP contribution in [0.15, 0.2) is 36.7 Å². The highest BCUT2D eigenvalue weighted by Crippen LogP contribution is 2.27. The van der Waals surface area contributed by atoms with Crippen LogP contribution in [0.3, 0.4) is 0 Å². The molecule has 2 saturated heterocycles. The molecule has 0 spiro atoms. The second kappa shape index (κ2) is 7.67. The maximum atomic E-state index is 13.0. The van der Waals surface area contributed by atoms with E-state index in [1.165, 1.54) is 19.3 Å². The minimum absolute atomic E-state index is 0.0915. The number of amides is 1. The average Bonchev–Trinajstić information content (AvgIpc) is 2.68. The highest BCUT2D eigenvalue weighted by molar-refractivity contribution is 5.94. The maximum Gasteiger partial charge on any atom is 0.255 e. The van der Waals surface area contributed by atoms with Gasteiger partial charge in [0.25, 0.3) is 5.91 Å². The van der Waals surface area contributed by atoms with Crippen LogP contribution in [0.2, 0.25) is 0 Å². The van der Waals surface area contributed by atoms with Crippen molar-refractivity contribution in [2.45, 2.75) is 37.8 Å². The lowest BCUT2D eigenvalue weighted by Gasteiger charge is -2.47. The summed E-state index contributed by atoms with van der Waals surface area (Å²) in [5, 5.41) is 0. The van der Waals surface area contributed by atoms with Crippen LogP contribution in [0.4, 0.5) is 0 Å². The first kappa shape index (κ1) is 16.7. The van der Waals surface area contributed by atoms with Crippen LogP contribution in [0.25, 0.3) is 0 Å². The van der Waals surface area contributed by atoms with Gasteiger partial charge in [0.1, 0.15) is 0 Å². The van der Waals surface area contributed by atoms with Crippen LogP contribution < -0.4 is 0 Å². The molecular formula is C20H27N3O2. The number of piperidine rings is 1. The van der Waals surface area contributed by atoms with Crippen molar-refractivity contribution in [2.24, 2.45) is 5.92 Å². The highest BCUT2D eigenvalue weighted by Gasteiger charge is 2.39. The van der Waals surface area contributed by atoms with Gasteiger partial charge in [0.05, 0.1) is 24.3 Å². The van der Waals surface area contributed by atoms with Gasteiger partial charge < -0.3 is 14.5 Å². The van der Waals surface area contributed by atoms with Gasteiger partial charge >= 0.3 is 0 Å². The lowest BCUT2D eigenvalue weighted by molar-refractivity contribution is -0.0918. The third kappa shape index (κ3) is 3.77. The van der Waals surface area contributed by atoms with Crippen molar-refractivity contribution in [3.8, 4) is 0 Å². The van der Waals surface area contributed by atoms with Crippen LogP contribution in [0, 0.1) is 5.92 Å². The Morgan fingerprint density at radius 3 is 3.04 bits per heavy atom. The van der Waals surface area contributed by atoms with Gasteiger partial charge in [0.2, 0.25) is 0 Å². The number of hydrogen-bond donors (Lipinski definition) is 0. The molecule has 1 aromatic heterocycles. The number of aromatic nitrogens is 1. The molecule has 0 saturated carbocycles. The fourth-order valence-electron chi connectivity index (χ4n) is 4.40. The summed E-state index contributed by atoms with van der Waals surface area (Å²) < 4.78 is 5.99. The lowest BCUT2D eigenvalue weighted by Crippen LogP contribution is -2.61. The van der Waals surface area contributed by atoms with Crippen molar-refractivity contribution in [3.05, 3.63) is 42.2 Å². The summed E-state index contributed by atoms with van der Waals surface area (Å²) in [4.78, 5) is 21.6. The van der Waals surface area contributed by atoms with Crippen LogP contribution in [-0.2, 0) is 4.74 Å². The number of carbonyl (C=O) groups is 1. The second-order valence-corrected chi connectivity index (χ2v) is 7.42. The van der Waals surface area contributed by atoms with E-state index in [-0.39, 0.29) is 18.1 Å². The Hall–Kier alpha value is -1.72. The first-order valence-corrected chi connectivity index (χ1v) is 9.51.